The second kappa shape index (κ2) is 4.85. The van der Waals surface area contributed by atoms with Crippen molar-refractivity contribution >= 4 is 27.5 Å². The Balaban J connectivity index is 2.25. The molecule has 17 heavy (non-hydrogen) atoms. The van der Waals surface area contributed by atoms with E-state index in [0.717, 1.165) is 16.8 Å². The summed E-state index contributed by atoms with van der Waals surface area (Å²) in [5.74, 6) is 0.845. The quantitative estimate of drug-likeness (QED) is 0.894. The Morgan fingerprint density at radius 3 is 2.88 bits per heavy atom. The molecule has 0 saturated heterocycles. The maximum atomic E-state index is 5.66. The summed E-state index contributed by atoms with van der Waals surface area (Å²) in [5.41, 5.74) is 5.66. The van der Waals surface area contributed by atoms with Crippen molar-refractivity contribution in [1.82, 2.24) is 14.9 Å². The van der Waals surface area contributed by atoms with Crippen molar-refractivity contribution < 1.29 is 4.74 Å². The molecule has 2 N–H and O–H groups in total. The third-order valence-corrected chi connectivity index (χ3v) is 3.22. The van der Waals surface area contributed by atoms with Crippen molar-refractivity contribution in [3.63, 3.8) is 0 Å². The van der Waals surface area contributed by atoms with Crippen molar-refractivity contribution in [2.45, 2.75) is 6.92 Å². The fourth-order valence-electron chi connectivity index (χ4n) is 1.47. The third-order valence-electron chi connectivity index (χ3n) is 2.28. The first kappa shape index (κ1) is 12.1. The van der Waals surface area contributed by atoms with E-state index in [2.05, 4.69) is 14.9 Å². The summed E-state index contributed by atoms with van der Waals surface area (Å²) in [6, 6.07) is 2.03. The molecule has 0 bridgehead atoms. The van der Waals surface area contributed by atoms with Gasteiger partial charge in [0.25, 0.3) is 0 Å². The second-order valence-corrected chi connectivity index (χ2v) is 5.35. The molecule has 0 aromatic carbocycles. The number of anilines is 1. The van der Waals surface area contributed by atoms with E-state index in [9.17, 15) is 0 Å². The Hall–Kier alpha value is -1.40. The number of hydrogen-bond acceptors (Lipinski definition) is 6. The third kappa shape index (κ3) is 2.83. The van der Waals surface area contributed by atoms with Crippen LogP contribution in [0.3, 0.4) is 0 Å². The Morgan fingerprint density at radius 1 is 1.41 bits per heavy atom. The van der Waals surface area contributed by atoms with E-state index >= 15 is 0 Å². The fourth-order valence-corrected chi connectivity index (χ4v) is 2.34. The van der Waals surface area contributed by atoms with Gasteiger partial charge >= 0.3 is 0 Å². The van der Waals surface area contributed by atoms with Gasteiger partial charge in [0.1, 0.15) is 11.4 Å². The molecule has 6 heteroatoms. The van der Waals surface area contributed by atoms with Crippen molar-refractivity contribution in [2.24, 2.45) is 0 Å². The predicted octanol–water partition coefficient (Wildman–Crippen LogP) is 1.52. The molecule has 0 amide bonds. The van der Waals surface area contributed by atoms with Crippen LogP contribution in [0.1, 0.15) is 4.88 Å². The lowest BCUT2D eigenvalue weighted by atomic mass is 10.3. The first-order valence-corrected chi connectivity index (χ1v) is 6.19. The molecule has 0 saturated carbocycles. The number of likely N-dealkylation sites (N-methyl/N-ethyl adjacent to an activating group) is 1. The number of aryl methyl sites for hydroxylation is 1. The van der Waals surface area contributed by atoms with Gasteiger partial charge in [0, 0.05) is 11.4 Å². The van der Waals surface area contributed by atoms with Crippen LogP contribution >= 0.6 is 11.3 Å². The number of ether oxygens (including phenoxy) is 1. The minimum absolute atomic E-state index is 0.263. The number of rotatable bonds is 4. The van der Waals surface area contributed by atoms with Gasteiger partial charge in [0.15, 0.2) is 0 Å². The van der Waals surface area contributed by atoms with Gasteiger partial charge in [-0.05, 0) is 27.1 Å². The lowest BCUT2D eigenvalue weighted by Gasteiger charge is -2.10. The highest BCUT2D eigenvalue weighted by Gasteiger charge is 2.10. The molecular weight excluding hydrogens is 236 g/mol. The van der Waals surface area contributed by atoms with Crippen molar-refractivity contribution in [1.29, 1.82) is 0 Å². The van der Waals surface area contributed by atoms with Crippen LogP contribution < -0.4 is 10.5 Å². The highest BCUT2D eigenvalue weighted by atomic mass is 32.1. The van der Waals surface area contributed by atoms with Crippen LogP contribution in [0.15, 0.2) is 6.07 Å². The summed E-state index contributed by atoms with van der Waals surface area (Å²) in [5, 5.41) is 0.945. The Morgan fingerprint density at radius 2 is 2.18 bits per heavy atom. The van der Waals surface area contributed by atoms with E-state index in [1.807, 2.05) is 27.1 Å². The van der Waals surface area contributed by atoms with Crippen molar-refractivity contribution in [3.05, 3.63) is 10.9 Å². The number of nitrogens with zero attached hydrogens (tertiary/aromatic N) is 3. The van der Waals surface area contributed by atoms with Gasteiger partial charge < -0.3 is 15.4 Å². The average molecular weight is 252 g/mol. The zero-order valence-electron chi connectivity index (χ0n) is 10.2. The van der Waals surface area contributed by atoms with Gasteiger partial charge in [0.2, 0.25) is 11.8 Å². The maximum absolute atomic E-state index is 5.66. The van der Waals surface area contributed by atoms with Gasteiger partial charge in [-0.3, -0.25) is 0 Å². The highest BCUT2D eigenvalue weighted by molar-refractivity contribution is 7.18. The minimum Gasteiger partial charge on any atom is -0.476 e. The molecule has 0 aliphatic heterocycles. The standard InChI is InChI=1S/C11H16N4OS/c1-7-6-8-9(16-5-4-15(2)3)13-11(12)14-10(8)17-7/h6H,4-5H2,1-3H3,(H2,12,13,14). The number of fused-ring (bicyclic) bond motifs is 1. The number of thiophene rings is 1. The summed E-state index contributed by atoms with van der Waals surface area (Å²) >= 11 is 1.60. The summed E-state index contributed by atoms with van der Waals surface area (Å²) in [7, 11) is 4.00. The van der Waals surface area contributed by atoms with Crippen LogP contribution in [0.4, 0.5) is 5.95 Å². The number of nitrogens with two attached hydrogens (primary N) is 1. The SMILES string of the molecule is Cc1cc2c(OCCN(C)C)nc(N)nc2s1. The average Bonchev–Trinajstić information content (AvgIpc) is 2.57. The molecule has 5 nitrogen and oxygen atoms in total. The molecule has 0 fully saturated rings. The first-order valence-electron chi connectivity index (χ1n) is 5.37. The van der Waals surface area contributed by atoms with Gasteiger partial charge in [0.05, 0.1) is 5.39 Å². The maximum Gasteiger partial charge on any atom is 0.227 e. The van der Waals surface area contributed by atoms with Crippen LogP contribution in [0.2, 0.25) is 0 Å². The fraction of sp³-hybridized carbons (Fsp3) is 0.455. The van der Waals surface area contributed by atoms with Gasteiger partial charge in [-0.2, -0.15) is 4.98 Å². The van der Waals surface area contributed by atoms with Crippen LogP contribution in [-0.4, -0.2) is 42.1 Å². The van der Waals surface area contributed by atoms with Crippen molar-refractivity contribution in [3.8, 4) is 5.88 Å². The normalized spacial score (nSPS) is 11.3. The monoisotopic (exact) mass is 252 g/mol. The summed E-state index contributed by atoms with van der Waals surface area (Å²) in [6.07, 6.45) is 0. The Kier molecular flexibility index (Phi) is 3.44. The summed E-state index contributed by atoms with van der Waals surface area (Å²) in [4.78, 5) is 12.5. The lowest BCUT2D eigenvalue weighted by Crippen LogP contribution is -2.19. The topological polar surface area (TPSA) is 64.3 Å². The number of nitrogen functional groups attached to an aromatic ring is 1. The molecule has 0 unspecified atom stereocenters. The summed E-state index contributed by atoms with van der Waals surface area (Å²) < 4.78 is 5.66. The minimum atomic E-state index is 0.263. The van der Waals surface area contributed by atoms with Crippen LogP contribution in [0.25, 0.3) is 10.2 Å². The molecule has 0 spiro atoms. The molecule has 2 heterocycles. The van der Waals surface area contributed by atoms with Crippen molar-refractivity contribution in [2.75, 3.05) is 33.0 Å². The molecule has 92 valence electrons. The molecule has 2 aromatic rings. The zero-order valence-corrected chi connectivity index (χ0v) is 11.0. The molecule has 0 aliphatic rings. The van der Waals surface area contributed by atoms with Gasteiger partial charge in [-0.1, -0.05) is 0 Å². The molecular formula is C11H16N4OS. The van der Waals surface area contributed by atoms with E-state index in [4.69, 9.17) is 10.5 Å². The molecule has 0 atom stereocenters. The molecule has 2 aromatic heterocycles. The van der Waals surface area contributed by atoms with E-state index < -0.39 is 0 Å². The second-order valence-electron chi connectivity index (χ2n) is 4.11. The Bertz CT molecular complexity index is 523. The molecule has 2 rings (SSSR count). The molecule has 0 radical (unpaired) electrons. The van der Waals surface area contributed by atoms with Crippen LogP contribution in [0, 0.1) is 6.92 Å². The van der Waals surface area contributed by atoms with Gasteiger partial charge in [-0.15, -0.1) is 11.3 Å². The highest BCUT2D eigenvalue weighted by Crippen LogP contribution is 2.30. The Labute approximate surface area is 104 Å². The van der Waals surface area contributed by atoms with Crippen LogP contribution in [-0.2, 0) is 0 Å². The predicted molar refractivity (Wildman–Crippen MR) is 70.6 cm³/mol. The zero-order chi connectivity index (χ0) is 12.4. The van der Waals surface area contributed by atoms with E-state index in [0.29, 0.717) is 12.5 Å². The van der Waals surface area contributed by atoms with Gasteiger partial charge in [-0.25, -0.2) is 4.98 Å². The van der Waals surface area contributed by atoms with E-state index in [1.54, 1.807) is 11.3 Å². The first-order chi connectivity index (χ1) is 8.06. The lowest BCUT2D eigenvalue weighted by molar-refractivity contribution is 0.256. The number of aromatic nitrogens is 2. The largest absolute Gasteiger partial charge is 0.476 e. The molecule has 0 aliphatic carbocycles. The smallest absolute Gasteiger partial charge is 0.227 e. The van der Waals surface area contributed by atoms with E-state index in [1.165, 1.54) is 4.88 Å². The van der Waals surface area contributed by atoms with Crippen LogP contribution in [0.5, 0.6) is 5.88 Å². The summed E-state index contributed by atoms with van der Waals surface area (Å²) in [6.45, 7) is 3.47. The van der Waals surface area contributed by atoms with E-state index in [-0.39, 0.29) is 5.95 Å². The number of hydrogen-bond donors (Lipinski definition) is 1.